The van der Waals surface area contributed by atoms with Crippen molar-refractivity contribution in [1.29, 1.82) is 0 Å². The SMILES string of the molecule is C#CC/C(F)=C(\C(OC)=C(/CC(C)=O)N(/C=C/C(=O)O)C1CC1)N1CCc2ccc(N(CC)CO)cc2CC1. The van der Waals surface area contributed by atoms with Gasteiger partial charge in [0, 0.05) is 43.6 Å². The van der Waals surface area contributed by atoms with Crippen LogP contribution in [-0.2, 0) is 27.2 Å². The first-order chi connectivity index (χ1) is 18.7. The first-order valence-corrected chi connectivity index (χ1v) is 13.2. The molecular weight excluding hydrogens is 501 g/mol. The number of methoxy groups -OCH3 is 1. The molecule has 39 heavy (non-hydrogen) atoms. The predicted octanol–water partition coefficient (Wildman–Crippen LogP) is 3.97. The second-order valence-electron chi connectivity index (χ2n) is 9.72. The molecule has 1 aromatic carbocycles. The Bertz CT molecular complexity index is 1190. The Labute approximate surface area is 230 Å². The number of aliphatic hydroxyl groups is 1. The molecule has 1 aliphatic heterocycles. The zero-order valence-corrected chi connectivity index (χ0v) is 23.0. The van der Waals surface area contributed by atoms with E-state index in [9.17, 15) is 19.8 Å². The summed E-state index contributed by atoms with van der Waals surface area (Å²) in [5.74, 6) is 0.734. The van der Waals surface area contributed by atoms with Crippen molar-refractivity contribution in [3.63, 3.8) is 0 Å². The summed E-state index contributed by atoms with van der Waals surface area (Å²) in [6, 6.07) is 6.10. The van der Waals surface area contributed by atoms with E-state index in [1.165, 1.54) is 20.2 Å². The van der Waals surface area contributed by atoms with Crippen LogP contribution in [0, 0.1) is 12.3 Å². The maximum Gasteiger partial charge on any atom is 0.329 e. The maximum absolute atomic E-state index is 15.8. The van der Waals surface area contributed by atoms with E-state index in [2.05, 4.69) is 12.0 Å². The number of ether oxygens (including phenoxy) is 1. The molecule has 0 aromatic heterocycles. The van der Waals surface area contributed by atoms with Gasteiger partial charge in [0.2, 0.25) is 0 Å². The molecule has 1 aromatic rings. The topological polar surface area (TPSA) is 93.5 Å². The Morgan fingerprint density at radius 1 is 1.26 bits per heavy atom. The zero-order valence-electron chi connectivity index (χ0n) is 23.0. The van der Waals surface area contributed by atoms with Crippen LogP contribution in [0.25, 0.3) is 0 Å². The molecule has 9 heteroatoms. The molecule has 0 saturated heterocycles. The second-order valence-corrected chi connectivity index (χ2v) is 9.72. The van der Waals surface area contributed by atoms with Gasteiger partial charge in [0.1, 0.15) is 24.0 Å². The van der Waals surface area contributed by atoms with Crippen LogP contribution in [-0.4, -0.2) is 71.3 Å². The number of allylic oxidation sites excluding steroid dienone is 2. The molecule has 0 atom stereocenters. The van der Waals surface area contributed by atoms with Crippen molar-refractivity contribution in [1.82, 2.24) is 9.80 Å². The van der Waals surface area contributed by atoms with Crippen LogP contribution in [0.1, 0.15) is 50.7 Å². The number of hydrogen-bond acceptors (Lipinski definition) is 7. The van der Waals surface area contributed by atoms with E-state index >= 15 is 4.39 Å². The third-order valence-electron chi connectivity index (χ3n) is 6.97. The number of Topliss-reactive ketones (excluding diaryl/α,β-unsaturated/α-hetero) is 1. The van der Waals surface area contributed by atoms with Crippen molar-refractivity contribution in [2.75, 3.05) is 38.4 Å². The van der Waals surface area contributed by atoms with Gasteiger partial charge in [0.15, 0.2) is 5.76 Å². The van der Waals surface area contributed by atoms with Gasteiger partial charge in [-0.15, -0.1) is 6.42 Å². The second kappa shape index (κ2) is 13.9. The van der Waals surface area contributed by atoms with Crippen LogP contribution in [0.4, 0.5) is 10.1 Å². The fraction of sp³-hybridized carbons (Fsp3) is 0.467. The monoisotopic (exact) mass is 539 g/mol. The van der Waals surface area contributed by atoms with E-state index in [0.717, 1.165) is 35.7 Å². The fourth-order valence-electron chi connectivity index (χ4n) is 4.91. The normalized spacial score (nSPS) is 16.5. The van der Waals surface area contributed by atoms with Crippen LogP contribution in [0.5, 0.6) is 0 Å². The lowest BCUT2D eigenvalue weighted by molar-refractivity contribution is -0.131. The van der Waals surface area contributed by atoms with Gasteiger partial charge in [-0.05, 0) is 62.8 Å². The van der Waals surface area contributed by atoms with Crippen LogP contribution in [0.2, 0.25) is 0 Å². The molecule has 0 amide bonds. The van der Waals surface area contributed by atoms with Gasteiger partial charge in [0.25, 0.3) is 0 Å². The number of aliphatic carboxylic acids is 1. The molecule has 1 saturated carbocycles. The molecule has 2 N–H and O–H groups in total. The van der Waals surface area contributed by atoms with Gasteiger partial charge in [-0.1, -0.05) is 12.0 Å². The Kier molecular flexibility index (Phi) is 10.6. The largest absolute Gasteiger partial charge is 0.493 e. The van der Waals surface area contributed by atoms with E-state index in [4.69, 9.17) is 11.2 Å². The Morgan fingerprint density at radius 2 is 1.95 bits per heavy atom. The van der Waals surface area contributed by atoms with Crippen molar-refractivity contribution in [3.05, 3.63) is 64.6 Å². The van der Waals surface area contributed by atoms with Crippen molar-refractivity contribution in [2.24, 2.45) is 0 Å². The number of carboxylic acid groups (broad SMARTS) is 1. The summed E-state index contributed by atoms with van der Waals surface area (Å²) >= 11 is 0. The molecular formula is C30H38FN3O5. The minimum atomic E-state index is -1.12. The summed E-state index contributed by atoms with van der Waals surface area (Å²) in [4.78, 5) is 29.2. The van der Waals surface area contributed by atoms with Gasteiger partial charge in [-0.25, -0.2) is 9.18 Å². The highest BCUT2D eigenvalue weighted by Gasteiger charge is 2.34. The lowest BCUT2D eigenvalue weighted by atomic mass is 10.0. The summed E-state index contributed by atoms with van der Waals surface area (Å²) in [7, 11) is 1.43. The highest BCUT2D eigenvalue weighted by atomic mass is 19.1. The summed E-state index contributed by atoms with van der Waals surface area (Å²) in [6.45, 7) is 4.96. The van der Waals surface area contributed by atoms with Gasteiger partial charge in [-0.2, -0.15) is 0 Å². The molecule has 1 fully saturated rings. The Hall–Kier alpha value is -3.77. The summed E-state index contributed by atoms with van der Waals surface area (Å²) in [5.41, 5.74) is 3.79. The average molecular weight is 540 g/mol. The highest BCUT2D eigenvalue weighted by Crippen LogP contribution is 2.37. The van der Waals surface area contributed by atoms with Gasteiger partial charge >= 0.3 is 5.97 Å². The van der Waals surface area contributed by atoms with Crippen LogP contribution < -0.4 is 4.90 Å². The van der Waals surface area contributed by atoms with Gasteiger partial charge < -0.3 is 29.6 Å². The minimum absolute atomic E-state index is 0.00288. The molecule has 210 valence electrons. The molecule has 1 heterocycles. The van der Waals surface area contributed by atoms with E-state index in [1.54, 1.807) is 4.90 Å². The van der Waals surface area contributed by atoms with E-state index in [1.807, 2.05) is 28.9 Å². The number of anilines is 1. The number of benzene rings is 1. The van der Waals surface area contributed by atoms with Gasteiger partial charge in [-0.3, -0.25) is 4.79 Å². The number of ketones is 1. The first-order valence-electron chi connectivity index (χ1n) is 13.2. The third-order valence-corrected chi connectivity index (χ3v) is 6.97. The molecule has 2 aliphatic rings. The predicted molar refractivity (Wildman–Crippen MR) is 148 cm³/mol. The summed E-state index contributed by atoms with van der Waals surface area (Å²) in [5, 5.41) is 18.9. The number of nitrogens with zero attached hydrogens (tertiary/aromatic N) is 3. The molecule has 0 unspecified atom stereocenters. The highest BCUT2D eigenvalue weighted by molar-refractivity contribution is 5.80. The Morgan fingerprint density at radius 3 is 2.49 bits per heavy atom. The summed E-state index contributed by atoms with van der Waals surface area (Å²) < 4.78 is 21.7. The van der Waals surface area contributed by atoms with Crippen molar-refractivity contribution >= 4 is 17.4 Å². The quantitative estimate of drug-likeness (QED) is 0.128. The number of terminal acetylenes is 1. The number of rotatable bonds is 13. The third kappa shape index (κ3) is 7.64. The number of aliphatic hydroxyl groups excluding tert-OH is 1. The lowest BCUT2D eigenvalue weighted by Crippen LogP contribution is -2.31. The zero-order chi connectivity index (χ0) is 28.5. The number of carbonyl (C=O) groups excluding carboxylic acids is 1. The van der Waals surface area contributed by atoms with E-state index in [-0.39, 0.29) is 42.9 Å². The van der Waals surface area contributed by atoms with Gasteiger partial charge in [0.05, 0.1) is 25.6 Å². The molecule has 0 bridgehead atoms. The van der Waals surface area contributed by atoms with Crippen molar-refractivity contribution in [3.8, 4) is 12.3 Å². The molecule has 1 aliphatic carbocycles. The van der Waals surface area contributed by atoms with Crippen molar-refractivity contribution in [2.45, 2.75) is 58.4 Å². The Balaban J connectivity index is 2.08. The molecule has 8 nitrogen and oxygen atoms in total. The first kappa shape index (κ1) is 29.8. The standard InChI is InChI=1S/C30H38FN3O5/c1-5-7-26(31)29(30(39-4)27(18-21(3)36)34(24-10-11-24)17-14-28(37)38)33-15-12-22-8-9-25(32(6-2)20-35)19-23(22)13-16-33/h1,8-9,14,17,19,24,35H,6-7,10-13,15-16,18,20H2,2-4H3,(H,37,38)/b17-14+,29-26-,30-27-. The van der Waals surface area contributed by atoms with E-state index < -0.39 is 11.8 Å². The van der Waals surface area contributed by atoms with Crippen LogP contribution in [0.15, 0.2) is 53.5 Å². The van der Waals surface area contributed by atoms with Crippen LogP contribution >= 0.6 is 0 Å². The minimum Gasteiger partial charge on any atom is -0.493 e. The van der Waals surface area contributed by atoms with Crippen LogP contribution in [0.3, 0.4) is 0 Å². The molecule has 0 radical (unpaired) electrons. The summed E-state index contributed by atoms with van der Waals surface area (Å²) in [6.07, 6.45) is 10.5. The van der Waals surface area contributed by atoms with Crippen molar-refractivity contribution < 1.29 is 28.9 Å². The average Bonchev–Trinajstić information content (AvgIpc) is 3.75. The lowest BCUT2D eigenvalue weighted by Gasteiger charge is -2.32. The smallest absolute Gasteiger partial charge is 0.329 e. The number of carbonyl (C=O) groups is 2. The number of carboxylic acids is 1. The van der Waals surface area contributed by atoms with E-state index in [0.29, 0.717) is 38.2 Å². The molecule has 3 rings (SSSR count). The number of hydrogen-bond donors (Lipinski definition) is 2. The number of fused-ring (bicyclic) bond motifs is 1. The maximum atomic E-state index is 15.8. The number of halogens is 1. The molecule has 0 spiro atoms. The fourth-order valence-corrected chi connectivity index (χ4v) is 4.91.